The summed E-state index contributed by atoms with van der Waals surface area (Å²) >= 11 is 5.84. The van der Waals surface area contributed by atoms with Gasteiger partial charge >= 0.3 is 5.97 Å². The van der Waals surface area contributed by atoms with E-state index in [0.717, 1.165) is 12.8 Å². The third kappa shape index (κ3) is 4.82. The fraction of sp³-hybridized carbons (Fsp3) is 0.312. The van der Waals surface area contributed by atoms with Gasteiger partial charge in [0.25, 0.3) is 0 Å². The second-order valence-corrected chi connectivity index (χ2v) is 5.25. The molecule has 1 amide bonds. The number of anilines is 1. The molecule has 0 aliphatic heterocycles. The zero-order chi connectivity index (χ0) is 16.7. The number of carbonyl (C=O) groups is 2. The van der Waals surface area contributed by atoms with Crippen LogP contribution in [0.3, 0.4) is 0 Å². The van der Waals surface area contributed by atoms with E-state index in [1.165, 1.54) is 10.8 Å². The number of nitrogens with one attached hydrogen (secondary N) is 1. The molecule has 0 unspecified atom stereocenters. The summed E-state index contributed by atoms with van der Waals surface area (Å²) in [5.41, 5.74) is 0.740. The number of esters is 1. The van der Waals surface area contributed by atoms with Crippen LogP contribution < -0.4 is 5.32 Å². The molecule has 23 heavy (non-hydrogen) atoms. The molecule has 1 heterocycles. The molecule has 0 saturated heterocycles. The lowest BCUT2D eigenvalue weighted by Gasteiger charge is -2.11. The molecule has 122 valence electrons. The van der Waals surface area contributed by atoms with Gasteiger partial charge in [-0.1, -0.05) is 25.5 Å². The molecule has 1 aromatic heterocycles. The van der Waals surface area contributed by atoms with Crippen molar-refractivity contribution >= 4 is 29.2 Å². The normalized spacial score (nSPS) is 10.3. The molecule has 7 heteroatoms. The molecule has 0 aliphatic rings. The maximum Gasteiger partial charge on any atom is 0.340 e. The van der Waals surface area contributed by atoms with Crippen LogP contribution in [0.1, 0.15) is 30.1 Å². The Morgan fingerprint density at radius 1 is 1.35 bits per heavy atom. The zero-order valence-electron chi connectivity index (χ0n) is 12.8. The molecule has 0 radical (unpaired) electrons. The standard InChI is InChI=1S/C16H18ClN3O3/c1-2-3-10-23-15(22)12-6-4-5-7-13(12)19-14(21)11-20-9-8-18-16(20)17/h4-9H,2-3,10-11H2,1H3,(H,19,21). The summed E-state index contributed by atoms with van der Waals surface area (Å²) in [5.74, 6) is -0.756. The van der Waals surface area contributed by atoms with Crippen LogP contribution in [0.25, 0.3) is 0 Å². The lowest BCUT2D eigenvalue weighted by Crippen LogP contribution is -2.20. The molecule has 1 aromatic carbocycles. The molecule has 0 saturated carbocycles. The molecule has 0 bridgehead atoms. The number of halogens is 1. The number of hydrogen-bond acceptors (Lipinski definition) is 4. The van der Waals surface area contributed by atoms with E-state index in [4.69, 9.17) is 16.3 Å². The van der Waals surface area contributed by atoms with E-state index in [1.807, 2.05) is 6.92 Å². The minimum absolute atomic E-state index is 0.0120. The number of carbonyl (C=O) groups excluding carboxylic acids is 2. The number of hydrogen-bond donors (Lipinski definition) is 1. The molecular formula is C16H18ClN3O3. The van der Waals surface area contributed by atoms with Crippen LogP contribution in [0.4, 0.5) is 5.69 Å². The Morgan fingerprint density at radius 2 is 2.13 bits per heavy atom. The second kappa shape index (κ2) is 8.33. The fourth-order valence-corrected chi connectivity index (χ4v) is 2.10. The molecule has 2 rings (SSSR count). The van der Waals surface area contributed by atoms with E-state index in [9.17, 15) is 9.59 Å². The van der Waals surface area contributed by atoms with Crippen LogP contribution in [-0.4, -0.2) is 28.0 Å². The molecule has 1 N–H and O–H groups in total. The average molecular weight is 336 g/mol. The van der Waals surface area contributed by atoms with Gasteiger partial charge in [0.05, 0.1) is 17.9 Å². The summed E-state index contributed by atoms with van der Waals surface area (Å²) in [6, 6.07) is 6.74. The van der Waals surface area contributed by atoms with E-state index in [1.54, 1.807) is 30.5 Å². The summed E-state index contributed by atoms with van der Waals surface area (Å²) in [5, 5.41) is 2.93. The topological polar surface area (TPSA) is 73.2 Å². The van der Waals surface area contributed by atoms with Crippen LogP contribution >= 0.6 is 11.6 Å². The van der Waals surface area contributed by atoms with Crippen molar-refractivity contribution in [1.29, 1.82) is 0 Å². The van der Waals surface area contributed by atoms with Gasteiger partial charge in [0, 0.05) is 12.4 Å². The van der Waals surface area contributed by atoms with Crippen molar-refractivity contribution in [2.45, 2.75) is 26.3 Å². The van der Waals surface area contributed by atoms with Crippen LogP contribution in [-0.2, 0) is 16.1 Å². The fourth-order valence-electron chi connectivity index (χ4n) is 1.93. The van der Waals surface area contributed by atoms with Crippen molar-refractivity contribution < 1.29 is 14.3 Å². The Hall–Kier alpha value is -2.34. The molecule has 0 fully saturated rings. The summed E-state index contributed by atoms with van der Waals surface area (Å²) in [6.07, 6.45) is 4.86. The highest BCUT2D eigenvalue weighted by molar-refractivity contribution is 6.28. The van der Waals surface area contributed by atoms with E-state index in [-0.39, 0.29) is 17.7 Å². The van der Waals surface area contributed by atoms with Crippen LogP contribution in [0.15, 0.2) is 36.7 Å². The average Bonchev–Trinajstić information content (AvgIpc) is 2.93. The highest BCUT2D eigenvalue weighted by atomic mass is 35.5. The van der Waals surface area contributed by atoms with Crippen LogP contribution in [0.2, 0.25) is 5.28 Å². The predicted molar refractivity (Wildman–Crippen MR) is 87.5 cm³/mol. The minimum Gasteiger partial charge on any atom is -0.462 e. The first kappa shape index (κ1) is 17.0. The van der Waals surface area contributed by atoms with Crippen LogP contribution in [0, 0.1) is 0 Å². The lowest BCUT2D eigenvalue weighted by molar-refractivity contribution is -0.116. The number of unbranched alkanes of at least 4 members (excludes halogenated alkanes) is 1. The molecule has 0 aliphatic carbocycles. The van der Waals surface area contributed by atoms with Gasteiger partial charge in [0.1, 0.15) is 6.54 Å². The molecule has 0 atom stereocenters. The number of aromatic nitrogens is 2. The monoisotopic (exact) mass is 335 g/mol. The van der Waals surface area contributed by atoms with Gasteiger partial charge in [-0.3, -0.25) is 4.79 Å². The number of rotatable bonds is 7. The number of ether oxygens (including phenoxy) is 1. The highest BCUT2D eigenvalue weighted by Gasteiger charge is 2.15. The largest absolute Gasteiger partial charge is 0.462 e. The number of imidazole rings is 1. The Morgan fingerprint density at radius 3 is 2.83 bits per heavy atom. The minimum atomic E-state index is -0.449. The Balaban J connectivity index is 2.03. The third-order valence-corrected chi connectivity index (χ3v) is 3.45. The van der Waals surface area contributed by atoms with Gasteiger partial charge in [0.15, 0.2) is 0 Å². The van der Waals surface area contributed by atoms with Crippen LogP contribution in [0.5, 0.6) is 0 Å². The van der Waals surface area contributed by atoms with E-state index < -0.39 is 5.97 Å². The molecule has 0 spiro atoms. The molecular weight excluding hydrogens is 318 g/mol. The Kier molecular flexibility index (Phi) is 6.17. The number of nitrogens with zero attached hydrogens (tertiary/aromatic N) is 2. The Labute approximate surface area is 139 Å². The van der Waals surface area contributed by atoms with Crippen molar-refractivity contribution in [1.82, 2.24) is 9.55 Å². The van der Waals surface area contributed by atoms with Gasteiger partial charge in [-0.15, -0.1) is 0 Å². The summed E-state index contributed by atoms with van der Waals surface area (Å²) < 4.78 is 6.69. The summed E-state index contributed by atoms with van der Waals surface area (Å²) in [4.78, 5) is 28.0. The number of para-hydroxylation sites is 1. The smallest absolute Gasteiger partial charge is 0.340 e. The van der Waals surface area contributed by atoms with Gasteiger partial charge < -0.3 is 14.6 Å². The first-order chi connectivity index (χ1) is 11.1. The number of benzene rings is 1. The summed E-state index contributed by atoms with van der Waals surface area (Å²) in [6.45, 7) is 2.39. The maximum atomic E-state index is 12.1. The van der Waals surface area contributed by atoms with E-state index in [2.05, 4.69) is 10.3 Å². The lowest BCUT2D eigenvalue weighted by atomic mass is 10.2. The van der Waals surface area contributed by atoms with E-state index >= 15 is 0 Å². The predicted octanol–water partition coefficient (Wildman–Crippen LogP) is 3.13. The van der Waals surface area contributed by atoms with Gasteiger partial charge in [0.2, 0.25) is 11.2 Å². The zero-order valence-corrected chi connectivity index (χ0v) is 13.5. The molecule has 6 nitrogen and oxygen atoms in total. The third-order valence-electron chi connectivity index (χ3n) is 3.13. The van der Waals surface area contributed by atoms with Gasteiger partial charge in [-0.05, 0) is 30.2 Å². The van der Waals surface area contributed by atoms with Crippen molar-refractivity contribution in [3.63, 3.8) is 0 Å². The second-order valence-electron chi connectivity index (χ2n) is 4.91. The first-order valence-corrected chi connectivity index (χ1v) is 7.72. The first-order valence-electron chi connectivity index (χ1n) is 7.34. The Bertz CT molecular complexity index is 685. The van der Waals surface area contributed by atoms with Crippen molar-refractivity contribution in [2.24, 2.45) is 0 Å². The quantitative estimate of drug-likeness (QED) is 0.623. The highest BCUT2D eigenvalue weighted by Crippen LogP contribution is 2.17. The van der Waals surface area contributed by atoms with Gasteiger partial charge in [-0.25, -0.2) is 9.78 Å². The van der Waals surface area contributed by atoms with Crippen molar-refractivity contribution in [3.05, 3.63) is 47.5 Å². The van der Waals surface area contributed by atoms with E-state index in [0.29, 0.717) is 17.9 Å². The summed E-state index contributed by atoms with van der Waals surface area (Å²) in [7, 11) is 0. The molecule has 2 aromatic rings. The SMILES string of the molecule is CCCCOC(=O)c1ccccc1NC(=O)Cn1ccnc1Cl. The number of amides is 1. The van der Waals surface area contributed by atoms with Crippen molar-refractivity contribution in [3.8, 4) is 0 Å². The van der Waals surface area contributed by atoms with Gasteiger partial charge in [-0.2, -0.15) is 0 Å². The maximum absolute atomic E-state index is 12.1. The van der Waals surface area contributed by atoms with Crippen molar-refractivity contribution in [2.75, 3.05) is 11.9 Å².